The van der Waals surface area contributed by atoms with Crippen LogP contribution < -0.4 is 10.1 Å². The fourth-order valence-electron chi connectivity index (χ4n) is 2.38. The summed E-state index contributed by atoms with van der Waals surface area (Å²) in [7, 11) is 0. The van der Waals surface area contributed by atoms with Crippen LogP contribution in [0.5, 0.6) is 5.75 Å². The molecule has 0 aliphatic carbocycles. The molecule has 1 aromatic carbocycles. The molecule has 24 heavy (non-hydrogen) atoms. The average molecular weight is 331 g/mol. The molecule has 0 atom stereocenters. The number of aryl methyl sites for hydroxylation is 1. The Labute approximate surface area is 140 Å². The van der Waals surface area contributed by atoms with Gasteiger partial charge < -0.3 is 19.6 Å². The van der Waals surface area contributed by atoms with E-state index in [9.17, 15) is 9.59 Å². The zero-order valence-corrected chi connectivity index (χ0v) is 14.0. The molecule has 0 bridgehead atoms. The normalized spacial score (nSPS) is 11.5. The average Bonchev–Trinajstić information content (AvgIpc) is 2.87. The Morgan fingerprint density at radius 1 is 1.38 bits per heavy atom. The molecule has 6 heteroatoms. The number of allylic oxidation sites excluding steroid dienone is 1. The highest BCUT2D eigenvalue weighted by Gasteiger charge is 2.12. The van der Waals surface area contributed by atoms with Gasteiger partial charge in [-0.15, -0.1) is 0 Å². The smallest absolute Gasteiger partial charge is 0.305 e. The second kappa shape index (κ2) is 7.68. The number of carboxylic acid groups (broad SMARTS) is 1. The Kier molecular flexibility index (Phi) is 5.63. The van der Waals surface area contributed by atoms with Crippen LogP contribution in [0.3, 0.4) is 0 Å². The van der Waals surface area contributed by atoms with Crippen LogP contribution in [0.15, 0.2) is 28.9 Å². The summed E-state index contributed by atoms with van der Waals surface area (Å²) < 4.78 is 11.2. The summed E-state index contributed by atoms with van der Waals surface area (Å²) in [6.45, 7) is 6.24. The van der Waals surface area contributed by atoms with E-state index in [4.69, 9.17) is 14.3 Å². The van der Waals surface area contributed by atoms with Crippen molar-refractivity contribution in [2.24, 2.45) is 0 Å². The van der Waals surface area contributed by atoms with E-state index in [2.05, 4.69) is 5.32 Å². The van der Waals surface area contributed by atoms with Gasteiger partial charge in [0.05, 0.1) is 19.3 Å². The number of fused-ring (bicyclic) bond motifs is 1. The molecule has 1 amide bonds. The summed E-state index contributed by atoms with van der Waals surface area (Å²) in [5.41, 5.74) is 3.28. The Morgan fingerprint density at radius 2 is 2.12 bits per heavy atom. The van der Waals surface area contributed by atoms with Crippen LogP contribution >= 0.6 is 0 Å². The molecule has 0 unspecified atom stereocenters. The largest absolute Gasteiger partial charge is 0.493 e. The molecule has 0 aliphatic rings. The van der Waals surface area contributed by atoms with Crippen LogP contribution in [-0.2, 0) is 9.59 Å². The van der Waals surface area contributed by atoms with Crippen LogP contribution in [-0.4, -0.2) is 30.1 Å². The molecule has 0 aliphatic heterocycles. The highest BCUT2D eigenvalue weighted by molar-refractivity contribution is 5.97. The van der Waals surface area contributed by atoms with Gasteiger partial charge in [0.1, 0.15) is 11.3 Å². The molecule has 128 valence electrons. The minimum absolute atomic E-state index is 0.0934. The summed E-state index contributed by atoms with van der Waals surface area (Å²) in [4.78, 5) is 22.4. The quantitative estimate of drug-likeness (QED) is 0.761. The van der Waals surface area contributed by atoms with Gasteiger partial charge in [-0.05, 0) is 38.0 Å². The Balaban J connectivity index is 2.28. The van der Waals surface area contributed by atoms with Gasteiger partial charge >= 0.3 is 5.97 Å². The summed E-state index contributed by atoms with van der Waals surface area (Å²) >= 11 is 0. The van der Waals surface area contributed by atoms with E-state index < -0.39 is 5.97 Å². The molecule has 0 fully saturated rings. The van der Waals surface area contributed by atoms with Crippen molar-refractivity contribution in [1.82, 2.24) is 5.32 Å². The molecule has 6 nitrogen and oxygen atoms in total. The van der Waals surface area contributed by atoms with Crippen molar-refractivity contribution in [2.45, 2.75) is 27.2 Å². The number of carboxylic acids is 1. The van der Waals surface area contributed by atoms with E-state index in [1.165, 1.54) is 6.08 Å². The molecular formula is C18H21NO5. The SMILES string of the molecule is CCOc1cc2occ(C)c2cc1/C(C)=C/C(=O)NCCC(=O)O. The van der Waals surface area contributed by atoms with Gasteiger partial charge in [0.2, 0.25) is 5.91 Å². The maximum Gasteiger partial charge on any atom is 0.305 e. The second-order valence-electron chi connectivity index (χ2n) is 5.46. The van der Waals surface area contributed by atoms with Crippen LogP contribution in [0.1, 0.15) is 31.4 Å². The first-order chi connectivity index (χ1) is 11.4. The van der Waals surface area contributed by atoms with Crippen molar-refractivity contribution >= 4 is 28.4 Å². The van der Waals surface area contributed by atoms with E-state index in [0.29, 0.717) is 12.4 Å². The fraction of sp³-hybridized carbons (Fsp3) is 0.333. The molecule has 0 saturated carbocycles. The lowest BCUT2D eigenvalue weighted by Crippen LogP contribution is -2.24. The number of rotatable bonds is 7. The standard InChI is InChI=1S/C18H21NO5/c1-4-23-15-9-16-14(12(3)10-24-16)8-13(15)11(2)7-17(20)19-6-5-18(21)22/h7-10H,4-6H2,1-3H3,(H,19,20)(H,21,22)/b11-7+. The van der Waals surface area contributed by atoms with Crippen molar-refractivity contribution in [1.29, 1.82) is 0 Å². The van der Waals surface area contributed by atoms with Crippen LogP contribution in [0.25, 0.3) is 16.5 Å². The van der Waals surface area contributed by atoms with E-state index >= 15 is 0 Å². The number of benzene rings is 1. The Morgan fingerprint density at radius 3 is 2.79 bits per heavy atom. The number of carbonyl (C=O) groups is 2. The minimum Gasteiger partial charge on any atom is -0.493 e. The summed E-state index contributed by atoms with van der Waals surface area (Å²) in [6.07, 6.45) is 3.02. The van der Waals surface area contributed by atoms with Crippen molar-refractivity contribution < 1.29 is 23.8 Å². The molecule has 0 spiro atoms. The molecule has 1 heterocycles. The zero-order chi connectivity index (χ0) is 17.7. The first-order valence-electron chi connectivity index (χ1n) is 7.75. The van der Waals surface area contributed by atoms with Gasteiger partial charge in [0.15, 0.2) is 0 Å². The van der Waals surface area contributed by atoms with Crippen LogP contribution in [0.4, 0.5) is 0 Å². The van der Waals surface area contributed by atoms with Gasteiger partial charge in [0.25, 0.3) is 0 Å². The Hall–Kier alpha value is -2.76. The molecule has 0 saturated heterocycles. The number of hydrogen-bond donors (Lipinski definition) is 2. The van der Waals surface area contributed by atoms with E-state index in [0.717, 1.165) is 27.7 Å². The maximum atomic E-state index is 11.9. The predicted molar refractivity (Wildman–Crippen MR) is 91.0 cm³/mol. The highest BCUT2D eigenvalue weighted by atomic mass is 16.5. The van der Waals surface area contributed by atoms with Crippen molar-refractivity contribution in [3.05, 3.63) is 35.6 Å². The third kappa shape index (κ3) is 4.16. The lowest BCUT2D eigenvalue weighted by Gasteiger charge is -2.11. The lowest BCUT2D eigenvalue weighted by molar-refractivity contribution is -0.136. The predicted octanol–water partition coefficient (Wildman–Crippen LogP) is 3.13. The molecule has 2 aromatic rings. The molecule has 1 aromatic heterocycles. The number of amides is 1. The third-order valence-electron chi connectivity index (χ3n) is 3.58. The first-order valence-corrected chi connectivity index (χ1v) is 7.75. The molecule has 0 radical (unpaired) electrons. The van der Waals surface area contributed by atoms with Crippen molar-refractivity contribution in [2.75, 3.05) is 13.2 Å². The summed E-state index contributed by atoms with van der Waals surface area (Å²) in [5.74, 6) is -0.637. The van der Waals surface area contributed by atoms with Gasteiger partial charge in [-0.2, -0.15) is 0 Å². The third-order valence-corrected chi connectivity index (χ3v) is 3.58. The van der Waals surface area contributed by atoms with Crippen LogP contribution in [0, 0.1) is 6.92 Å². The monoisotopic (exact) mass is 331 g/mol. The van der Waals surface area contributed by atoms with Gasteiger partial charge in [-0.25, -0.2) is 0 Å². The van der Waals surface area contributed by atoms with Gasteiger partial charge in [-0.3, -0.25) is 9.59 Å². The number of nitrogens with one attached hydrogen (secondary N) is 1. The van der Waals surface area contributed by atoms with E-state index in [1.54, 1.807) is 6.26 Å². The molecule has 2 rings (SSSR count). The number of aliphatic carboxylic acids is 1. The molecular weight excluding hydrogens is 310 g/mol. The lowest BCUT2D eigenvalue weighted by atomic mass is 10.0. The number of ether oxygens (including phenoxy) is 1. The van der Waals surface area contributed by atoms with Gasteiger partial charge in [0, 0.05) is 29.6 Å². The molecule has 2 N–H and O–H groups in total. The minimum atomic E-state index is -0.949. The summed E-state index contributed by atoms with van der Waals surface area (Å²) in [6, 6.07) is 3.76. The second-order valence-corrected chi connectivity index (χ2v) is 5.46. The van der Waals surface area contributed by atoms with E-state index in [-0.39, 0.29) is 18.9 Å². The number of carbonyl (C=O) groups excluding carboxylic acids is 1. The first kappa shape index (κ1) is 17.6. The van der Waals surface area contributed by atoms with Crippen molar-refractivity contribution in [3.63, 3.8) is 0 Å². The van der Waals surface area contributed by atoms with Gasteiger partial charge in [-0.1, -0.05) is 0 Å². The number of hydrogen-bond acceptors (Lipinski definition) is 4. The topological polar surface area (TPSA) is 88.8 Å². The van der Waals surface area contributed by atoms with Crippen molar-refractivity contribution in [3.8, 4) is 5.75 Å². The zero-order valence-electron chi connectivity index (χ0n) is 14.0. The maximum absolute atomic E-state index is 11.9. The summed E-state index contributed by atoms with van der Waals surface area (Å²) in [5, 5.41) is 12.1. The fourth-order valence-corrected chi connectivity index (χ4v) is 2.38. The Bertz CT molecular complexity index is 788. The highest BCUT2D eigenvalue weighted by Crippen LogP contribution is 2.33. The van der Waals surface area contributed by atoms with E-state index in [1.807, 2.05) is 32.9 Å². The van der Waals surface area contributed by atoms with Crippen LogP contribution in [0.2, 0.25) is 0 Å². The number of furan rings is 1.